The summed E-state index contributed by atoms with van der Waals surface area (Å²) in [6.45, 7) is 8.38. The Labute approximate surface area is 121 Å². The van der Waals surface area contributed by atoms with E-state index < -0.39 is 5.60 Å². The molecule has 0 aromatic carbocycles. The van der Waals surface area contributed by atoms with Crippen molar-refractivity contribution in [1.82, 2.24) is 4.90 Å². The molecule has 0 radical (unpaired) electrons. The van der Waals surface area contributed by atoms with Gasteiger partial charge in [-0.05, 0) is 46.0 Å². The first-order valence-corrected chi connectivity index (χ1v) is 7.60. The highest BCUT2D eigenvalue weighted by molar-refractivity contribution is 5.68. The molecular formula is C15H27NO4. The van der Waals surface area contributed by atoms with Gasteiger partial charge in [0.25, 0.3) is 0 Å². The number of amides is 1. The van der Waals surface area contributed by atoms with Crippen LogP contribution < -0.4 is 0 Å². The number of rotatable bonds is 2. The van der Waals surface area contributed by atoms with Gasteiger partial charge in [-0.25, -0.2) is 4.79 Å². The number of hydrogen-bond acceptors (Lipinski definition) is 4. The SMILES string of the molecule is CC(C)(C)OC(=O)N1CCC(C(O)C2CCOCC2)C1. The summed E-state index contributed by atoms with van der Waals surface area (Å²) < 4.78 is 10.7. The van der Waals surface area contributed by atoms with Gasteiger partial charge in [0.15, 0.2) is 0 Å². The van der Waals surface area contributed by atoms with E-state index in [0.717, 1.165) is 32.5 Å². The van der Waals surface area contributed by atoms with Crippen molar-refractivity contribution in [2.45, 2.75) is 51.7 Å². The van der Waals surface area contributed by atoms with Crippen LogP contribution in [0.1, 0.15) is 40.0 Å². The third-order valence-corrected chi connectivity index (χ3v) is 4.11. The van der Waals surface area contributed by atoms with Crippen LogP contribution in [0, 0.1) is 11.8 Å². The molecule has 2 heterocycles. The van der Waals surface area contributed by atoms with E-state index in [0.29, 0.717) is 19.0 Å². The van der Waals surface area contributed by atoms with Crippen molar-refractivity contribution < 1.29 is 19.4 Å². The first kappa shape index (κ1) is 15.6. The lowest BCUT2D eigenvalue weighted by Gasteiger charge is -2.30. The highest BCUT2D eigenvalue weighted by atomic mass is 16.6. The third kappa shape index (κ3) is 4.09. The molecule has 0 spiro atoms. The Hall–Kier alpha value is -0.810. The fourth-order valence-electron chi connectivity index (χ4n) is 3.00. The quantitative estimate of drug-likeness (QED) is 0.843. The maximum Gasteiger partial charge on any atom is 0.410 e. The fourth-order valence-corrected chi connectivity index (χ4v) is 3.00. The monoisotopic (exact) mass is 285 g/mol. The second-order valence-corrected chi connectivity index (χ2v) is 6.92. The van der Waals surface area contributed by atoms with Gasteiger partial charge in [0.05, 0.1) is 6.10 Å². The van der Waals surface area contributed by atoms with Crippen molar-refractivity contribution in [3.63, 3.8) is 0 Å². The number of hydrogen-bond donors (Lipinski definition) is 1. The minimum Gasteiger partial charge on any atom is -0.444 e. The number of likely N-dealkylation sites (tertiary alicyclic amines) is 1. The molecule has 20 heavy (non-hydrogen) atoms. The minimum atomic E-state index is -0.464. The van der Waals surface area contributed by atoms with Crippen molar-refractivity contribution in [2.24, 2.45) is 11.8 Å². The van der Waals surface area contributed by atoms with E-state index in [1.165, 1.54) is 0 Å². The molecule has 0 bridgehead atoms. The predicted octanol–water partition coefficient (Wildman–Crippen LogP) is 2.03. The van der Waals surface area contributed by atoms with E-state index in [1.54, 1.807) is 4.90 Å². The lowest BCUT2D eigenvalue weighted by molar-refractivity contribution is -0.0166. The third-order valence-electron chi connectivity index (χ3n) is 4.11. The number of ether oxygens (including phenoxy) is 2. The average Bonchev–Trinajstić information content (AvgIpc) is 2.86. The number of aliphatic hydroxyl groups excluding tert-OH is 1. The number of aliphatic hydroxyl groups is 1. The maximum absolute atomic E-state index is 12.0. The zero-order valence-corrected chi connectivity index (χ0v) is 12.8. The number of carbonyl (C=O) groups excluding carboxylic acids is 1. The summed E-state index contributed by atoms with van der Waals surface area (Å²) in [5.74, 6) is 0.484. The summed E-state index contributed by atoms with van der Waals surface area (Å²) in [5.41, 5.74) is -0.464. The van der Waals surface area contributed by atoms with Crippen LogP contribution in [0.4, 0.5) is 4.79 Å². The largest absolute Gasteiger partial charge is 0.444 e. The predicted molar refractivity (Wildman–Crippen MR) is 75.5 cm³/mol. The van der Waals surface area contributed by atoms with E-state index in [1.807, 2.05) is 20.8 Å². The molecule has 2 aliphatic heterocycles. The standard InChI is InChI=1S/C15H27NO4/c1-15(2,3)20-14(18)16-7-4-12(10-16)13(17)11-5-8-19-9-6-11/h11-13,17H,4-10H2,1-3H3. The van der Waals surface area contributed by atoms with Gasteiger partial charge >= 0.3 is 6.09 Å². The van der Waals surface area contributed by atoms with Crippen LogP contribution in [0.15, 0.2) is 0 Å². The van der Waals surface area contributed by atoms with Crippen molar-refractivity contribution in [2.75, 3.05) is 26.3 Å². The van der Waals surface area contributed by atoms with E-state index in [2.05, 4.69) is 0 Å². The maximum atomic E-state index is 12.0. The van der Waals surface area contributed by atoms with Crippen LogP contribution in [-0.4, -0.2) is 54.1 Å². The van der Waals surface area contributed by atoms with Gasteiger partial charge < -0.3 is 19.5 Å². The Morgan fingerprint density at radius 2 is 1.90 bits per heavy atom. The average molecular weight is 285 g/mol. The molecule has 2 atom stereocenters. The van der Waals surface area contributed by atoms with Crippen LogP contribution in [0.2, 0.25) is 0 Å². The van der Waals surface area contributed by atoms with Gasteiger partial charge in [-0.3, -0.25) is 0 Å². The minimum absolute atomic E-state index is 0.172. The number of carbonyl (C=O) groups is 1. The molecule has 5 heteroatoms. The molecule has 0 aliphatic carbocycles. The smallest absolute Gasteiger partial charge is 0.410 e. The summed E-state index contributed by atoms with van der Waals surface area (Å²) in [7, 11) is 0. The van der Waals surface area contributed by atoms with Gasteiger partial charge in [-0.15, -0.1) is 0 Å². The summed E-state index contributed by atoms with van der Waals surface area (Å²) in [5, 5.41) is 10.5. The highest BCUT2D eigenvalue weighted by Crippen LogP contribution is 2.30. The lowest BCUT2D eigenvalue weighted by Crippen LogP contribution is -2.38. The van der Waals surface area contributed by atoms with Gasteiger partial charge in [0.2, 0.25) is 0 Å². The van der Waals surface area contributed by atoms with Gasteiger partial charge in [-0.2, -0.15) is 0 Å². The lowest BCUT2D eigenvalue weighted by atomic mass is 9.85. The molecule has 0 aromatic rings. The molecule has 116 valence electrons. The number of nitrogens with zero attached hydrogens (tertiary/aromatic N) is 1. The Morgan fingerprint density at radius 1 is 1.25 bits per heavy atom. The molecule has 2 rings (SSSR count). The molecule has 0 saturated carbocycles. The molecule has 1 N–H and O–H groups in total. The molecule has 2 unspecified atom stereocenters. The highest BCUT2D eigenvalue weighted by Gasteiger charge is 2.36. The van der Waals surface area contributed by atoms with Gasteiger partial charge in [0, 0.05) is 32.2 Å². The van der Waals surface area contributed by atoms with Crippen LogP contribution in [0.5, 0.6) is 0 Å². The molecular weight excluding hydrogens is 258 g/mol. The van der Waals surface area contributed by atoms with Crippen LogP contribution in [0.25, 0.3) is 0 Å². The second-order valence-electron chi connectivity index (χ2n) is 6.92. The van der Waals surface area contributed by atoms with Crippen LogP contribution in [0.3, 0.4) is 0 Å². The van der Waals surface area contributed by atoms with Gasteiger partial charge in [0.1, 0.15) is 5.60 Å². The molecule has 5 nitrogen and oxygen atoms in total. The van der Waals surface area contributed by atoms with E-state index in [4.69, 9.17) is 9.47 Å². The fraction of sp³-hybridized carbons (Fsp3) is 0.933. The molecule has 1 amide bonds. The van der Waals surface area contributed by atoms with Crippen molar-refractivity contribution in [1.29, 1.82) is 0 Å². The van der Waals surface area contributed by atoms with Crippen molar-refractivity contribution >= 4 is 6.09 Å². The molecule has 0 aromatic heterocycles. The summed E-state index contributed by atoms with van der Waals surface area (Å²) in [6.07, 6.45) is 2.11. The van der Waals surface area contributed by atoms with Crippen LogP contribution >= 0.6 is 0 Å². The topological polar surface area (TPSA) is 59.0 Å². The van der Waals surface area contributed by atoms with E-state index in [9.17, 15) is 9.90 Å². The van der Waals surface area contributed by atoms with Crippen molar-refractivity contribution in [3.8, 4) is 0 Å². The van der Waals surface area contributed by atoms with Gasteiger partial charge in [-0.1, -0.05) is 0 Å². The summed E-state index contributed by atoms with van der Waals surface area (Å²) in [4.78, 5) is 13.7. The Bertz CT molecular complexity index is 333. The first-order chi connectivity index (χ1) is 9.37. The van der Waals surface area contributed by atoms with Crippen molar-refractivity contribution in [3.05, 3.63) is 0 Å². The van der Waals surface area contributed by atoms with Crippen LogP contribution in [-0.2, 0) is 9.47 Å². The van der Waals surface area contributed by atoms with E-state index >= 15 is 0 Å². The first-order valence-electron chi connectivity index (χ1n) is 7.60. The molecule has 2 fully saturated rings. The zero-order valence-electron chi connectivity index (χ0n) is 12.8. The second kappa shape index (κ2) is 6.31. The summed E-state index contributed by atoms with van der Waals surface area (Å²) in [6, 6.07) is 0. The Morgan fingerprint density at radius 3 is 2.50 bits per heavy atom. The molecule has 2 saturated heterocycles. The van der Waals surface area contributed by atoms with E-state index in [-0.39, 0.29) is 18.1 Å². The zero-order chi connectivity index (χ0) is 14.8. The molecule has 2 aliphatic rings. The Kier molecular flexibility index (Phi) is 4.91. The Balaban J connectivity index is 1.83. The normalized spacial score (nSPS) is 26.6. The summed E-state index contributed by atoms with van der Waals surface area (Å²) >= 11 is 0.